The standard InChI is InChI=1S/C16H20N6O4/c17-22-15(24)13(6-12-7-18-10-20-12)21-14(23)8-19-16(25)26-9-11-4-2-1-3-5-11/h1-5,7,10,13H,6,8-9,17H2,(H,18,20)(H,19,25)(H,21,23)(H,22,24). The van der Waals surface area contributed by atoms with Gasteiger partial charge in [-0.2, -0.15) is 0 Å². The average Bonchev–Trinajstić information content (AvgIpc) is 3.17. The number of hydrogen-bond donors (Lipinski definition) is 5. The number of nitrogens with two attached hydrogens (primary N) is 1. The van der Waals surface area contributed by atoms with Crippen molar-refractivity contribution in [3.63, 3.8) is 0 Å². The number of benzene rings is 1. The molecule has 2 aromatic rings. The molecule has 0 aliphatic rings. The van der Waals surface area contributed by atoms with Gasteiger partial charge in [0.25, 0.3) is 5.91 Å². The van der Waals surface area contributed by atoms with Crippen molar-refractivity contribution in [3.8, 4) is 0 Å². The molecule has 0 saturated carbocycles. The van der Waals surface area contributed by atoms with Gasteiger partial charge in [-0.25, -0.2) is 15.6 Å². The summed E-state index contributed by atoms with van der Waals surface area (Å²) in [5.74, 6) is 4.00. The van der Waals surface area contributed by atoms with Crippen LogP contribution in [0, 0.1) is 0 Å². The second-order valence-corrected chi connectivity index (χ2v) is 5.32. The number of aromatic nitrogens is 2. The third-order valence-electron chi connectivity index (χ3n) is 3.38. The van der Waals surface area contributed by atoms with Gasteiger partial charge in [0.15, 0.2) is 0 Å². The van der Waals surface area contributed by atoms with Gasteiger partial charge in [-0.15, -0.1) is 0 Å². The number of hydrazine groups is 1. The van der Waals surface area contributed by atoms with Crippen LogP contribution in [0.3, 0.4) is 0 Å². The maximum Gasteiger partial charge on any atom is 0.407 e. The lowest BCUT2D eigenvalue weighted by Crippen LogP contribution is -2.52. The van der Waals surface area contributed by atoms with E-state index in [2.05, 4.69) is 20.6 Å². The Bertz CT molecular complexity index is 720. The molecule has 10 nitrogen and oxygen atoms in total. The molecule has 138 valence electrons. The smallest absolute Gasteiger partial charge is 0.407 e. The second-order valence-electron chi connectivity index (χ2n) is 5.32. The van der Waals surface area contributed by atoms with E-state index in [-0.39, 0.29) is 19.6 Å². The van der Waals surface area contributed by atoms with Gasteiger partial charge >= 0.3 is 6.09 Å². The summed E-state index contributed by atoms with van der Waals surface area (Å²) in [6, 6.07) is 8.22. The zero-order chi connectivity index (χ0) is 18.8. The number of nitrogens with one attached hydrogen (secondary N) is 4. The minimum absolute atomic E-state index is 0.0896. The number of amides is 3. The molecule has 6 N–H and O–H groups in total. The number of alkyl carbamates (subject to hydrolysis) is 1. The lowest BCUT2D eigenvalue weighted by atomic mass is 10.1. The average molecular weight is 360 g/mol. The third-order valence-corrected chi connectivity index (χ3v) is 3.38. The molecule has 1 heterocycles. The first-order valence-electron chi connectivity index (χ1n) is 7.80. The first-order chi connectivity index (χ1) is 12.6. The van der Waals surface area contributed by atoms with Crippen LogP contribution in [0.1, 0.15) is 11.3 Å². The Labute approximate surface area is 149 Å². The zero-order valence-corrected chi connectivity index (χ0v) is 13.9. The normalized spacial score (nSPS) is 11.3. The second kappa shape index (κ2) is 9.79. The Kier molecular flexibility index (Phi) is 7.13. The van der Waals surface area contributed by atoms with Crippen molar-refractivity contribution in [3.05, 3.63) is 54.1 Å². The molecule has 26 heavy (non-hydrogen) atoms. The third kappa shape index (κ3) is 6.24. The van der Waals surface area contributed by atoms with Crippen molar-refractivity contribution >= 4 is 17.9 Å². The van der Waals surface area contributed by atoms with Crippen LogP contribution >= 0.6 is 0 Å². The number of aromatic amines is 1. The van der Waals surface area contributed by atoms with Crippen LogP contribution in [0.15, 0.2) is 42.9 Å². The number of imidazole rings is 1. The predicted molar refractivity (Wildman–Crippen MR) is 91.2 cm³/mol. The van der Waals surface area contributed by atoms with Crippen molar-refractivity contribution in [2.45, 2.75) is 19.1 Å². The molecule has 0 aliphatic heterocycles. The quantitative estimate of drug-likeness (QED) is 0.240. The molecule has 1 aromatic heterocycles. The van der Waals surface area contributed by atoms with Gasteiger partial charge in [-0.05, 0) is 5.56 Å². The molecule has 0 saturated heterocycles. The SMILES string of the molecule is NNC(=O)C(Cc1cnc[nH]1)NC(=O)CNC(=O)OCc1ccccc1. The van der Waals surface area contributed by atoms with Crippen molar-refractivity contribution < 1.29 is 19.1 Å². The monoisotopic (exact) mass is 360 g/mol. The van der Waals surface area contributed by atoms with Gasteiger partial charge in [0, 0.05) is 18.3 Å². The molecule has 2 rings (SSSR count). The summed E-state index contributed by atoms with van der Waals surface area (Å²) in [4.78, 5) is 42.0. The highest BCUT2D eigenvalue weighted by Crippen LogP contribution is 2.01. The van der Waals surface area contributed by atoms with Gasteiger partial charge in [0.05, 0.1) is 6.33 Å². The summed E-state index contributed by atoms with van der Waals surface area (Å²) < 4.78 is 4.99. The van der Waals surface area contributed by atoms with E-state index >= 15 is 0 Å². The molecule has 3 amide bonds. The fraction of sp³-hybridized carbons (Fsp3) is 0.250. The largest absolute Gasteiger partial charge is 0.445 e. The summed E-state index contributed by atoms with van der Waals surface area (Å²) >= 11 is 0. The molecule has 1 atom stereocenters. The molecule has 0 aliphatic carbocycles. The lowest BCUT2D eigenvalue weighted by molar-refractivity contribution is -0.128. The number of carbonyl (C=O) groups is 3. The highest BCUT2D eigenvalue weighted by Gasteiger charge is 2.21. The maximum atomic E-state index is 12.0. The van der Waals surface area contributed by atoms with E-state index in [9.17, 15) is 14.4 Å². The Morgan fingerprint density at radius 3 is 2.65 bits per heavy atom. The van der Waals surface area contributed by atoms with E-state index in [1.807, 2.05) is 35.8 Å². The van der Waals surface area contributed by atoms with Crippen molar-refractivity contribution in [1.29, 1.82) is 0 Å². The molecule has 0 spiro atoms. The summed E-state index contributed by atoms with van der Waals surface area (Å²) in [5, 5.41) is 4.80. The summed E-state index contributed by atoms with van der Waals surface area (Å²) in [5.41, 5.74) is 3.46. The number of carbonyl (C=O) groups excluding carboxylic acids is 3. The van der Waals surface area contributed by atoms with E-state index in [1.54, 1.807) is 0 Å². The minimum atomic E-state index is -0.907. The fourth-order valence-corrected chi connectivity index (χ4v) is 2.10. The highest BCUT2D eigenvalue weighted by molar-refractivity contribution is 5.89. The van der Waals surface area contributed by atoms with Gasteiger partial charge in [-0.1, -0.05) is 30.3 Å². The molecule has 0 bridgehead atoms. The summed E-state index contributed by atoms with van der Waals surface area (Å²) in [6.45, 7) is -0.253. The van der Waals surface area contributed by atoms with Crippen LogP contribution in [-0.4, -0.2) is 40.5 Å². The van der Waals surface area contributed by atoms with E-state index < -0.39 is 23.9 Å². The van der Waals surface area contributed by atoms with E-state index in [1.165, 1.54) is 12.5 Å². The Morgan fingerprint density at radius 2 is 2.00 bits per heavy atom. The molecule has 1 aromatic carbocycles. The van der Waals surface area contributed by atoms with Gasteiger partial charge in [0.2, 0.25) is 5.91 Å². The molecule has 0 radical (unpaired) electrons. The van der Waals surface area contributed by atoms with E-state index in [4.69, 9.17) is 10.6 Å². The molecular weight excluding hydrogens is 340 g/mol. The van der Waals surface area contributed by atoms with Crippen molar-refractivity contribution in [1.82, 2.24) is 26.0 Å². The number of rotatable bonds is 8. The number of H-pyrrole nitrogens is 1. The topological polar surface area (TPSA) is 151 Å². The minimum Gasteiger partial charge on any atom is -0.445 e. The predicted octanol–water partition coefficient (Wildman–Crippen LogP) is -0.647. The maximum absolute atomic E-state index is 12.0. The first-order valence-corrected chi connectivity index (χ1v) is 7.80. The van der Waals surface area contributed by atoms with Crippen LogP contribution in [0.25, 0.3) is 0 Å². The summed E-state index contributed by atoms with van der Waals surface area (Å²) in [7, 11) is 0. The van der Waals surface area contributed by atoms with Crippen LogP contribution < -0.4 is 21.9 Å². The van der Waals surface area contributed by atoms with Crippen LogP contribution in [0.2, 0.25) is 0 Å². The molecule has 1 unspecified atom stereocenters. The highest BCUT2D eigenvalue weighted by atomic mass is 16.5. The molecule has 10 heteroatoms. The molecule has 0 fully saturated rings. The first kappa shape index (κ1) is 18.9. The Balaban J connectivity index is 1.76. The van der Waals surface area contributed by atoms with Crippen molar-refractivity contribution in [2.24, 2.45) is 5.84 Å². The van der Waals surface area contributed by atoms with Crippen molar-refractivity contribution in [2.75, 3.05) is 6.54 Å². The Morgan fingerprint density at radius 1 is 1.23 bits per heavy atom. The van der Waals surface area contributed by atoms with Crippen LogP contribution in [-0.2, 0) is 27.4 Å². The summed E-state index contributed by atoms with van der Waals surface area (Å²) in [6.07, 6.45) is 2.42. The van der Waals surface area contributed by atoms with Crippen LogP contribution in [0.4, 0.5) is 4.79 Å². The Hall–Kier alpha value is -3.40. The number of nitrogens with zero attached hydrogens (tertiary/aromatic N) is 1. The van der Waals surface area contributed by atoms with Crippen LogP contribution in [0.5, 0.6) is 0 Å². The van der Waals surface area contributed by atoms with E-state index in [0.717, 1.165) is 5.56 Å². The molecular formula is C16H20N6O4. The van der Waals surface area contributed by atoms with E-state index in [0.29, 0.717) is 5.69 Å². The van der Waals surface area contributed by atoms with Gasteiger partial charge in [0.1, 0.15) is 19.2 Å². The van der Waals surface area contributed by atoms with Gasteiger partial charge < -0.3 is 20.4 Å². The number of hydrogen-bond acceptors (Lipinski definition) is 6. The lowest BCUT2D eigenvalue weighted by Gasteiger charge is -2.16. The number of ether oxygens (including phenoxy) is 1. The van der Waals surface area contributed by atoms with Gasteiger partial charge in [-0.3, -0.25) is 15.0 Å². The fourth-order valence-electron chi connectivity index (χ4n) is 2.10. The zero-order valence-electron chi connectivity index (χ0n) is 13.9.